The summed E-state index contributed by atoms with van der Waals surface area (Å²) in [7, 11) is 0. The van der Waals surface area contributed by atoms with Gasteiger partial charge in [0.2, 0.25) is 5.95 Å². The molecule has 0 N–H and O–H groups in total. The highest BCUT2D eigenvalue weighted by Gasteiger charge is 2.32. The van der Waals surface area contributed by atoms with Crippen LogP contribution in [0.25, 0.3) is 0 Å². The molecule has 0 aliphatic carbocycles. The zero-order valence-corrected chi connectivity index (χ0v) is 9.52. The first kappa shape index (κ1) is 11.7. The smallest absolute Gasteiger partial charge is 0.273 e. The molecule has 0 bridgehead atoms. The Balaban J connectivity index is 2.23. The van der Waals surface area contributed by atoms with Crippen LogP contribution in [-0.2, 0) is 4.79 Å². The lowest BCUT2D eigenvalue weighted by Crippen LogP contribution is -2.39. The Labute approximate surface area is 98.4 Å². The van der Waals surface area contributed by atoms with Gasteiger partial charge in [-0.3, -0.25) is 9.59 Å². The van der Waals surface area contributed by atoms with Gasteiger partial charge < -0.3 is 4.90 Å². The minimum atomic E-state index is -0.686. The van der Waals surface area contributed by atoms with E-state index in [0.29, 0.717) is 13.0 Å². The minimum Gasteiger partial charge on any atom is -0.327 e. The molecule has 4 nitrogen and oxygen atoms in total. The second kappa shape index (κ2) is 4.61. The van der Waals surface area contributed by atoms with Crippen molar-refractivity contribution >= 4 is 11.7 Å². The van der Waals surface area contributed by atoms with E-state index in [9.17, 15) is 14.0 Å². The molecule has 17 heavy (non-hydrogen) atoms. The number of hydrogen-bond donors (Lipinski definition) is 0. The number of hydrogen-bond acceptors (Lipinski definition) is 3. The van der Waals surface area contributed by atoms with E-state index in [0.717, 1.165) is 6.42 Å². The van der Waals surface area contributed by atoms with E-state index in [1.54, 1.807) is 0 Å². The lowest BCUT2D eigenvalue weighted by atomic mass is 10.1. The molecule has 1 amide bonds. The lowest BCUT2D eigenvalue weighted by Gasteiger charge is -2.22. The Morgan fingerprint density at radius 3 is 2.88 bits per heavy atom. The van der Waals surface area contributed by atoms with Gasteiger partial charge in [-0.2, -0.15) is 4.39 Å². The summed E-state index contributed by atoms with van der Waals surface area (Å²) in [4.78, 5) is 28.4. The SMILES string of the molecule is CC(=O)[C@@H]1CCCN1C(=O)c1cccc(F)n1. The average Bonchev–Trinajstić information content (AvgIpc) is 2.77. The predicted molar refractivity (Wildman–Crippen MR) is 58.9 cm³/mol. The summed E-state index contributed by atoms with van der Waals surface area (Å²) in [5.74, 6) is -1.09. The minimum absolute atomic E-state index is 0.0350. The van der Waals surface area contributed by atoms with E-state index < -0.39 is 5.95 Å². The zero-order valence-electron chi connectivity index (χ0n) is 9.52. The van der Waals surface area contributed by atoms with Crippen molar-refractivity contribution < 1.29 is 14.0 Å². The second-order valence-electron chi connectivity index (χ2n) is 4.11. The van der Waals surface area contributed by atoms with E-state index in [4.69, 9.17) is 0 Å². The van der Waals surface area contributed by atoms with E-state index in [1.807, 2.05) is 0 Å². The van der Waals surface area contributed by atoms with Crippen LogP contribution in [0.1, 0.15) is 30.3 Å². The van der Waals surface area contributed by atoms with E-state index in [2.05, 4.69) is 4.98 Å². The van der Waals surface area contributed by atoms with Gasteiger partial charge in [0.15, 0.2) is 5.78 Å². The van der Waals surface area contributed by atoms with Gasteiger partial charge in [-0.15, -0.1) is 0 Å². The van der Waals surface area contributed by atoms with Crippen molar-refractivity contribution in [2.75, 3.05) is 6.54 Å². The van der Waals surface area contributed by atoms with E-state index >= 15 is 0 Å². The Morgan fingerprint density at radius 2 is 2.24 bits per heavy atom. The van der Waals surface area contributed by atoms with Crippen LogP contribution in [0.2, 0.25) is 0 Å². The van der Waals surface area contributed by atoms with Gasteiger partial charge in [0.25, 0.3) is 5.91 Å². The molecule has 5 heteroatoms. The van der Waals surface area contributed by atoms with Crippen molar-refractivity contribution in [1.29, 1.82) is 0 Å². The average molecular weight is 236 g/mol. The Morgan fingerprint density at radius 1 is 1.47 bits per heavy atom. The zero-order chi connectivity index (χ0) is 12.4. The van der Waals surface area contributed by atoms with Gasteiger partial charge in [-0.1, -0.05) is 6.07 Å². The van der Waals surface area contributed by atoms with Crippen LogP contribution in [0.4, 0.5) is 4.39 Å². The summed E-state index contributed by atoms with van der Waals surface area (Å²) in [5.41, 5.74) is 0.0538. The molecule has 0 radical (unpaired) electrons. The largest absolute Gasteiger partial charge is 0.327 e. The first-order valence-corrected chi connectivity index (χ1v) is 5.53. The monoisotopic (exact) mass is 236 g/mol. The first-order chi connectivity index (χ1) is 8.09. The molecule has 0 spiro atoms. The molecule has 0 aromatic carbocycles. The number of likely N-dealkylation sites (tertiary alicyclic amines) is 1. The molecule has 2 heterocycles. The van der Waals surface area contributed by atoms with Crippen molar-refractivity contribution in [3.05, 3.63) is 29.8 Å². The van der Waals surface area contributed by atoms with Crippen LogP contribution >= 0.6 is 0 Å². The topological polar surface area (TPSA) is 50.3 Å². The summed E-state index contributed by atoms with van der Waals surface area (Å²) in [6, 6.07) is 3.70. The molecular formula is C12H13FN2O2. The third-order valence-corrected chi connectivity index (χ3v) is 2.92. The van der Waals surface area contributed by atoms with Crippen LogP contribution in [-0.4, -0.2) is 34.2 Å². The van der Waals surface area contributed by atoms with Gasteiger partial charge >= 0.3 is 0 Å². The number of halogens is 1. The molecule has 90 valence electrons. The van der Waals surface area contributed by atoms with Crippen LogP contribution in [0.15, 0.2) is 18.2 Å². The quantitative estimate of drug-likeness (QED) is 0.729. The Hall–Kier alpha value is -1.78. The van der Waals surface area contributed by atoms with Gasteiger partial charge in [-0.05, 0) is 31.9 Å². The van der Waals surface area contributed by atoms with Gasteiger partial charge in [0.1, 0.15) is 5.69 Å². The van der Waals surface area contributed by atoms with Crippen LogP contribution < -0.4 is 0 Å². The summed E-state index contributed by atoms with van der Waals surface area (Å²) < 4.78 is 12.9. The van der Waals surface area contributed by atoms with Crippen molar-refractivity contribution in [3.8, 4) is 0 Å². The van der Waals surface area contributed by atoms with Gasteiger partial charge in [0.05, 0.1) is 6.04 Å². The van der Waals surface area contributed by atoms with Crippen molar-refractivity contribution in [2.45, 2.75) is 25.8 Å². The molecule has 1 saturated heterocycles. The maximum atomic E-state index is 12.9. The molecule has 0 saturated carbocycles. The Kier molecular flexibility index (Phi) is 3.17. The molecule has 0 unspecified atom stereocenters. The fourth-order valence-corrected chi connectivity index (χ4v) is 2.11. The van der Waals surface area contributed by atoms with E-state index in [-0.39, 0.29) is 23.4 Å². The van der Waals surface area contributed by atoms with Crippen molar-refractivity contribution in [2.24, 2.45) is 0 Å². The molecule has 1 atom stereocenters. The molecule has 2 rings (SSSR count). The highest BCUT2D eigenvalue weighted by atomic mass is 19.1. The van der Waals surface area contributed by atoms with Crippen LogP contribution in [0, 0.1) is 5.95 Å². The van der Waals surface area contributed by atoms with Gasteiger partial charge in [-0.25, -0.2) is 4.98 Å². The number of Topliss-reactive ketones (excluding diaryl/α,β-unsaturated/α-hetero) is 1. The fraction of sp³-hybridized carbons (Fsp3) is 0.417. The third kappa shape index (κ3) is 2.33. The van der Waals surface area contributed by atoms with Crippen molar-refractivity contribution in [3.63, 3.8) is 0 Å². The molecule has 1 aliphatic heterocycles. The summed E-state index contributed by atoms with van der Waals surface area (Å²) in [5, 5.41) is 0. The molecule has 1 fully saturated rings. The molecule has 1 aliphatic rings. The third-order valence-electron chi connectivity index (χ3n) is 2.92. The van der Waals surface area contributed by atoms with E-state index in [1.165, 1.54) is 30.0 Å². The number of ketones is 1. The standard InChI is InChI=1S/C12H13FN2O2/c1-8(16)10-5-3-7-15(10)12(17)9-4-2-6-11(13)14-9/h2,4,6,10H,3,5,7H2,1H3/t10-/m0/s1. The van der Waals surface area contributed by atoms with Crippen LogP contribution in [0.3, 0.4) is 0 Å². The number of pyridine rings is 1. The summed E-state index contributed by atoms with van der Waals surface area (Å²) in [6.07, 6.45) is 1.47. The normalized spacial score (nSPS) is 19.4. The summed E-state index contributed by atoms with van der Waals surface area (Å²) >= 11 is 0. The second-order valence-corrected chi connectivity index (χ2v) is 4.11. The highest BCUT2D eigenvalue weighted by molar-refractivity contribution is 5.96. The number of rotatable bonds is 2. The predicted octanol–water partition coefficient (Wildman–Crippen LogP) is 1.41. The maximum Gasteiger partial charge on any atom is 0.273 e. The highest BCUT2D eigenvalue weighted by Crippen LogP contribution is 2.20. The number of amides is 1. The van der Waals surface area contributed by atoms with Gasteiger partial charge in [0, 0.05) is 6.54 Å². The maximum absolute atomic E-state index is 12.9. The fourth-order valence-electron chi connectivity index (χ4n) is 2.11. The molecule has 1 aromatic rings. The van der Waals surface area contributed by atoms with Crippen LogP contribution in [0.5, 0.6) is 0 Å². The Bertz CT molecular complexity index is 462. The first-order valence-electron chi connectivity index (χ1n) is 5.53. The number of nitrogens with zero attached hydrogens (tertiary/aromatic N) is 2. The lowest BCUT2D eigenvalue weighted by molar-refractivity contribution is -0.120. The molecule has 1 aromatic heterocycles. The molecular weight excluding hydrogens is 223 g/mol. The number of aromatic nitrogens is 1. The number of carbonyl (C=O) groups is 2. The number of carbonyl (C=O) groups excluding carboxylic acids is 2. The summed E-state index contributed by atoms with van der Waals surface area (Å²) in [6.45, 7) is 2.00. The van der Waals surface area contributed by atoms with Crippen molar-refractivity contribution in [1.82, 2.24) is 9.88 Å².